The number of aryl methyl sites for hydroxylation is 1. The highest BCUT2D eigenvalue weighted by Gasteiger charge is 2.19. The lowest BCUT2D eigenvalue weighted by atomic mass is 10.1. The maximum Gasteiger partial charge on any atom is 0.131 e. The van der Waals surface area contributed by atoms with E-state index >= 15 is 0 Å². The first kappa shape index (κ1) is 14.8. The molecular formula is C18H21N3O. The van der Waals surface area contributed by atoms with E-state index in [0.717, 1.165) is 22.4 Å². The molecule has 0 fully saturated rings. The maximum atomic E-state index is 9.81. The van der Waals surface area contributed by atoms with Crippen molar-refractivity contribution in [2.24, 2.45) is 5.73 Å². The van der Waals surface area contributed by atoms with Crippen molar-refractivity contribution in [1.82, 2.24) is 9.55 Å². The summed E-state index contributed by atoms with van der Waals surface area (Å²) in [5.41, 5.74) is 10.6. The molecule has 0 aliphatic rings. The van der Waals surface area contributed by atoms with E-state index in [0.29, 0.717) is 6.54 Å². The highest BCUT2D eigenvalue weighted by molar-refractivity contribution is 5.76. The van der Waals surface area contributed by atoms with Gasteiger partial charge in [-0.15, -0.1) is 0 Å². The molecule has 2 atom stereocenters. The highest BCUT2D eigenvalue weighted by Crippen LogP contribution is 2.24. The minimum Gasteiger partial charge on any atom is -0.392 e. The molecule has 0 aliphatic carbocycles. The Morgan fingerprint density at radius 3 is 2.50 bits per heavy atom. The van der Waals surface area contributed by atoms with Crippen LogP contribution in [-0.2, 0) is 6.54 Å². The zero-order chi connectivity index (χ0) is 15.7. The molecule has 3 rings (SSSR count). The minimum absolute atomic E-state index is 0.313. The van der Waals surface area contributed by atoms with Crippen molar-refractivity contribution in [3.8, 4) is 0 Å². The zero-order valence-electron chi connectivity index (χ0n) is 12.9. The summed E-state index contributed by atoms with van der Waals surface area (Å²) in [6.07, 6.45) is -0.457. The highest BCUT2D eigenvalue weighted by atomic mass is 16.3. The number of fused-ring (bicyclic) bond motifs is 1. The number of aliphatic hydroxyl groups is 1. The molecule has 2 unspecified atom stereocenters. The van der Waals surface area contributed by atoms with Gasteiger partial charge in [-0.3, -0.25) is 0 Å². The zero-order valence-corrected chi connectivity index (χ0v) is 12.9. The van der Waals surface area contributed by atoms with E-state index in [1.165, 1.54) is 5.56 Å². The first-order valence-corrected chi connectivity index (χ1v) is 7.51. The van der Waals surface area contributed by atoms with Gasteiger partial charge in [-0.05, 0) is 31.5 Å². The molecule has 0 amide bonds. The summed E-state index contributed by atoms with van der Waals surface area (Å²) in [5, 5.41) is 9.81. The van der Waals surface area contributed by atoms with Crippen LogP contribution in [0.4, 0.5) is 0 Å². The van der Waals surface area contributed by atoms with Gasteiger partial charge in [0.15, 0.2) is 0 Å². The number of hydrogen-bond donors (Lipinski definition) is 2. The molecule has 22 heavy (non-hydrogen) atoms. The molecule has 0 bridgehead atoms. The normalized spacial score (nSPS) is 14.2. The molecule has 4 nitrogen and oxygen atoms in total. The molecule has 1 heterocycles. The molecule has 0 saturated heterocycles. The van der Waals surface area contributed by atoms with Crippen molar-refractivity contribution in [3.05, 3.63) is 65.5 Å². The van der Waals surface area contributed by atoms with E-state index in [-0.39, 0.29) is 6.04 Å². The summed E-state index contributed by atoms with van der Waals surface area (Å²) in [4.78, 5) is 4.69. The smallest absolute Gasteiger partial charge is 0.131 e. The molecule has 114 valence electrons. The van der Waals surface area contributed by atoms with Crippen LogP contribution in [0.15, 0.2) is 48.5 Å². The van der Waals surface area contributed by atoms with Gasteiger partial charge in [0.1, 0.15) is 5.82 Å². The van der Waals surface area contributed by atoms with Crippen LogP contribution in [0.3, 0.4) is 0 Å². The van der Waals surface area contributed by atoms with Crippen LogP contribution < -0.4 is 5.73 Å². The number of nitrogens with two attached hydrogens (primary N) is 1. The van der Waals surface area contributed by atoms with Crippen molar-refractivity contribution in [2.75, 3.05) is 0 Å². The summed E-state index contributed by atoms with van der Waals surface area (Å²) in [5.74, 6) is 0.783. The number of aromatic nitrogens is 2. The van der Waals surface area contributed by atoms with E-state index in [4.69, 9.17) is 10.7 Å². The van der Waals surface area contributed by atoms with Gasteiger partial charge in [0.25, 0.3) is 0 Å². The lowest BCUT2D eigenvalue weighted by molar-refractivity contribution is 0.173. The summed E-state index contributed by atoms with van der Waals surface area (Å²) < 4.78 is 2.02. The van der Waals surface area contributed by atoms with Crippen LogP contribution in [0.5, 0.6) is 0 Å². The quantitative estimate of drug-likeness (QED) is 0.778. The number of benzene rings is 2. The average Bonchev–Trinajstić information content (AvgIpc) is 2.86. The van der Waals surface area contributed by atoms with Crippen LogP contribution in [-0.4, -0.2) is 20.8 Å². The topological polar surface area (TPSA) is 64.1 Å². The summed E-state index contributed by atoms with van der Waals surface area (Å²) >= 11 is 0. The lowest BCUT2D eigenvalue weighted by Crippen LogP contribution is -2.21. The van der Waals surface area contributed by atoms with Gasteiger partial charge in [-0.25, -0.2) is 4.98 Å². The number of nitrogens with zero attached hydrogens (tertiary/aromatic N) is 2. The Hall–Kier alpha value is -2.17. The van der Waals surface area contributed by atoms with E-state index in [9.17, 15) is 5.11 Å². The fraction of sp³-hybridized carbons (Fsp3) is 0.278. The summed E-state index contributed by atoms with van der Waals surface area (Å²) in [7, 11) is 0. The molecule has 4 heteroatoms. The predicted octanol–water partition coefficient (Wildman–Crippen LogP) is 2.77. The fourth-order valence-corrected chi connectivity index (χ4v) is 2.71. The van der Waals surface area contributed by atoms with Gasteiger partial charge < -0.3 is 15.4 Å². The van der Waals surface area contributed by atoms with Crippen molar-refractivity contribution in [1.29, 1.82) is 0 Å². The first-order valence-electron chi connectivity index (χ1n) is 7.51. The molecule has 0 spiro atoms. The fourth-order valence-electron chi connectivity index (χ4n) is 2.71. The SMILES string of the molecule is Cc1ccc(C(N)c2nc3ccccc3n2CC(C)O)cc1. The van der Waals surface area contributed by atoms with Crippen LogP contribution in [0.1, 0.15) is 29.9 Å². The van der Waals surface area contributed by atoms with Crippen LogP contribution >= 0.6 is 0 Å². The molecule has 3 N–H and O–H groups in total. The number of aliphatic hydroxyl groups excluding tert-OH is 1. The Morgan fingerprint density at radius 1 is 1.14 bits per heavy atom. The first-order chi connectivity index (χ1) is 10.6. The van der Waals surface area contributed by atoms with Crippen LogP contribution in [0.2, 0.25) is 0 Å². The van der Waals surface area contributed by atoms with Crippen LogP contribution in [0, 0.1) is 6.92 Å². The van der Waals surface area contributed by atoms with Crippen LogP contribution in [0.25, 0.3) is 11.0 Å². The molecule has 3 aromatic rings. The minimum atomic E-state index is -0.457. The molecule has 2 aromatic carbocycles. The molecule has 1 aromatic heterocycles. The molecule has 0 aliphatic heterocycles. The third-order valence-electron chi connectivity index (χ3n) is 3.85. The number of hydrogen-bond acceptors (Lipinski definition) is 3. The van der Waals surface area contributed by atoms with Gasteiger partial charge in [-0.2, -0.15) is 0 Å². The second-order valence-electron chi connectivity index (χ2n) is 5.81. The third kappa shape index (κ3) is 2.75. The monoisotopic (exact) mass is 295 g/mol. The Morgan fingerprint density at radius 2 is 1.82 bits per heavy atom. The Bertz CT molecular complexity index is 775. The molecular weight excluding hydrogens is 274 g/mol. The van der Waals surface area contributed by atoms with Gasteiger partial charge in [-0.1, -0.05) is 42.0 Å². The van der Waals surface area contributed by atoms with Crippen molar-refractivity contribution >= 4 is 11.0 Å². The summed E-state index contributed by atoms with van der Waals surface area (Å²) in [6, 6.07) is 15.8. The molecule has 0 saturated carbocycles. The van der Waals surface area contributed by atoms with E-state index in [2.05, 4.69) is 19.1 Å². The van der Waals surface area contributed by atoms with E-state index in [1.54, 1.807) is 6.92 Å². The van der Waals surface area contributed by atoms with Crippen molar-refractivity contribution in [2.45, 2.75) is 32.5 Å². The van der Waals surface area contributed by atoms with Crippen molar-refractivity contribution < 1.29 is 5.11 Å². The Kier molecular flexibility index (Phi) is 3.96. The third-order valence-corrected chi connectivity index (χ3v) is 3.85. The van der Waals surface area contributed by atoms with Gasteiger partial charge >= 0.3 is 0 Å². The standard InChI is InChI=1S/C18H21N3O/c1-12-7-9-14(10-8-12)17(19)18-20-15-5-3-4-6-16(15)21(18)11-13(2)22/h3-10,13,17,22H,11,19H2,1-2H3. The summed E-state index contributed by atoms with van der Waals surface area (Å²) in [6.45, 7) is 4.31. The predicted molar refractivity (Wildman–Crippen MR) is 88.6 cm³/mol. The Labute approximate surface area is 130 Å². The number of imidazole rings is 1. The number of para-hydroxylation sites is 2. The maximum absolute atomic E-state index is 9.81. The second kappa shape index (κ2) is 5.91. The largest absolute Gasteiger partial charge is 0.392 e. The number of rotatable bonds is 4. The second-order valence-corrected chi connectivity index (χ2v) is 5.81. The van der Waals surface area contributed by atoms with Gasteiger partial charge in [0.2, 0.25) is 0 Å². The van der Waals surface area contributed by atoms with E-state index < -0.39 is 6.10 Å². The van der Waals surface area contributed by atoms with Crippen molar-refractivity contribution in [3.63, 3.8) is 0 Å². The van der Waals surface area contributed by atoms with E-state index in [1.807, 2.05) is 41.0 Å². The molecule has 0 radical (unpaired) electrons. The Balaban J connectivity index is 2.10. The lowest BCUT2D eigenvalue weighted by Gasteiger charge is -2.16. The van der Waals surface area contributed by atoms with Gasteiger partial charge in [0.05, 0.1) is 29.7 Å². The average molecular weight is 295 g/mol. The van der Waals surface area contributed by atoms with Gasteiger partial charge in [0, 0.05) is 0 Å².